The number of nitrogen functional groups attached to an aromatic ring is 1. The normalized spacial score (nSPS) is 10.9. The van der Waals surface area contributed by atoms with Crippen LogP contribution in [0.3, 0.4) is 0 Å². The molecule has 1 heterocycles. The molecule has 0 aliphatic carbocycles. The predicted molar refractivity (Wildman–Crippen MR) is 78.3 cm³/mol. The van der Waals surface area contributed by atoms with Gasteiger partial charge in [-0.25, -0.2) is 4.63 Å². The second kappa shape index (κ2) is 5.80. The Labute approximate surface area is 121 Å². The highest BCUT2D eigenvalue weighted by molar-refractivity contribution is 5.90. The minimum atomic E-state index is 0.504. The van der Waals surface area contributed by atoms with Gasteiger partial charge in [-0.3, -0.25) is 0 Å². The maximum atomic E-state index is 5.82. The van der Waals surface area contributed by atoms with Gasteiger partial charge in [0.25, 0.3) is 0 Å². The first-order valence-corrected chi connectivity index (χ1v) is 6.54. The summed E-state index contributed by atoms with van der Waals surface area (Å²) in [6.45, 7) is 0.698. The lowest BCUT2D eigenvalue weighted by Crippen LogP contribution is -1.94. The number of anilines is 1. The Morgan fingerprint density at radius 1 is 1.05 bits per heavy atom. The fraction of sp³-hybridized carbons (Fsp3) is 0.200. The van der Waals surface area contributed by atoms with Crippen molar-refractivity contribution in [1.82, 2.24) is 10.3 Å². The molecule has 2 N–H and O–H groups in total. The van der Waals surface area contributed by atoms with Crippen molar-refractivity contribution in [2.24, 2.45) is 0 Å². The van der Waals surface area contributed by atoms with Crippen LogP contribution < -0.4 is 10.5 Å². The molecule has 0 fully saturated rings. The van der Waals surface area contributed by atoms with E-state index in [0.29, 0.717) is 34.8 Å². The summed E-state index contributed by atoms with van der Waals surface area (Å²) in [4.78, 5) is 0. The number of nitrogens with zero attached hydrogens (tertiary/aromatic N) is 2. The van der Waals surface area contributed by atoms with Crippen molar-refractivity contribution in [3.63, 3.8) is 0 Å². The number of nitrogens with two attached hydrogens (primary N) is 1. The lowest BCUT2D eigenvalue weighted by atomic mass is 10.1. The fourth-order valence-corrected chi connectivity index (χ4v) is 2.02. The third-order valence-corrected chi connectivity index (χ3v) is 3.16. The number of hydrogen-bond donors (Lipinski definition) is 1. The van der Waals surface area contributed by atoms with E-state index in [1.807, 2.05) is 24.3 Å². The molecule has 0 saturated heterocycles. The summed E-state index contributed by atoms with van der Waals surface area (Å²) in [6, 6.07) is 11.3. The lowest BCUT2D eigenvalue weighted by Gasteiger charge is -2.07. The summed E-state index contributed by atoms with van der Waals surface area (Å²) in [6.07, 6.45) is 0.871. The molecular weight excluding hydrogens is 270 g/mol. The molecular formula is C15H15N3O3. The number of hydrogen-bond acceptors (Lipinski definition) is 6. The van der Waals surface area contributed by atoms with E-state index in [9.17, 15) is 0 Å². The van der Waals surface area contributed by atoms with Crippen molar-refractivity contribution in [2.75, 3.05) is 19.5 Å². The van der Waals surface area contributed by atoms with Gasteiger partial charge in [0.05, 0.1) is 12.3 Å². The van der Waals surface area contributed by atoms with Gasteiger partial charge < -0.3 is 15.2 Å². The van der Waals surface area contributed by atoms with Crippen LogP contribution in [0.25, 0.3) is 11.0 Å². The second-order valence-electron chi connectivity index (χ2n) is 4.60. The third kappa shape index (κ3) is 2.80. The van der Waals surface area contributed by atoms with Crippen molar-refractivity contribution >= 4 is 16.7 Å². The molecule has 0 saturated carbocycles. The SMILES string of the molecule is COCCc1ccc(Oc2ccc(N)c3nonc23)cc1. The summed E-state index contributed by atoms with van der Waals surface area (Å²) in [5, 5.41) is 7.59. The molecule has 0 spiro atoms. The van der Waals surface area contributed by atoms with Crippen LogP contribution in [0.15, 0.2) is 41.0 Å². The summed E-state index contributed by atoms with van der Waals surface area (Å²) in [5.74, 6) is 1.27. The molecule has 0 radical (unpaired) electrons. The second-order valence-corrected chi connectivity index (χ2v) is 4.60. The van der Waals surface area contributed by atoms with Crippen LogP contribution in [0.1, 0.15) is 5.56 Å². The van der Waals surface area contributed by atoms with Crippen LogP contribution in [-0.2, 0) is 11.2 Å². The van der Waals surface area contributed by atoms with Crippen molar-refractivity contribution in [3.05, 3.63) is 42.0 Å². The monoisotopic (exact) mass is 285 g/mol. The Hall–Kier alpha value is -2.60. The molecule has 21 heavy (non-hydrogen) atoms. The minimum Gasteiger partial charge on any atom is -0.455 e. The molecule has 3 aromatic rings. The molecule has 6 heteroatoms. The standard InChI is InChI=1S/C15H15N3O3/c1-19-9-8-10-2-4-11(5-3-10)20-13-7-6-12(16)14-15(13)18-21-17-14/h2-7H,8-9,16H2,1H3. The van der Waals surface area contributed by atoms with E-state index in [2.05, 4.69) is 10.3 Å². The molecule has 0 aliphatic rings. The summed E-state index contributed by atoms with van der Waals surface area (Å²) >= 11 is 0. The number of methoxy groups -OCH3 is 1. The number of rotatable bonds is 5. The van der Waals surface area contributed by atoms with E-state index in [0.717, 1.165) is 6.42 Å². The first-order chi connectivity index (χ1) is 10.3. The molecule has 1 aromatic heterocycles. The van der Waals surface area contributed by atoms with Crippen molar-refractivity contribution in [2.45, 2.75) is 6.42 Å². The van der Waals surface area contributed by atoms with Gasteiger partial charge in [-0.05, 0) is 46.6 Å². The van der Waals surface area contributed by atoms with Gasteiger partial charge in [0, 0.05) is 7.11 Å². The number of benzene rings is 2. The van der Waals surface area contributed by atoms with Gasteiger partial charge in [-0.15, -0.1) is 0 Å². The molecule has 0 bridgehead atoms. The Morgan fingerprint density at radius 2 is 1.81 bits per heavy atom. The Kier molecular flexibility index (Phi) is 3.70. The largest absolute Gasteiger partial charge is 0.455 e. The minimum absolute atomic E-state index is 0.504. The van der Waals surface area contributed by atoms with Crippen LogP contribution in [0, 0.1) is 0 Å². The smallest absolute Gasteiger partial charge is 0.179 e. The van der Waals surface area contributed by atoms with Crippen LogP contribution in [0.4, 0.5) is 5.69 Å². The average Bonchev–Trinajstić information content (AvgIpc) is 3.00. The predicted octanol–water partition coefficient (Wildman–Crippen LogP) is 2.79. The Bertz CT molecular complexity index is 738. The zero-order chi connectivity index (χ0) is 14.7. The maximum absolute atomic E-state index is 5.82. The quantitative estimate of drug-likeness (QED) is 0.726. The molecule has 0 unspecified atom stereocenters. The topological polar surface area (TPSA) is 83.4 Å². The van der Waals surface area contributed by atoms with E-state index in [-0.39, 0.29) is 0 Å². The van der Waals surface area contributed by atoms with Gasteiger partial charge in [-0.1, -0.05) is 12.1 Å². The van der Waals surface area contributed by atoms with Gasteiger partial charge in [-0.2, -0.15) is 0 Å². The molecule has 0 aliphatic heterocycles. The number of aromatic nitrogens is 2. The highest BCUT2D eigenvalue weighted by atomic mass is 16.6. The summed E-state index contributed by atoms with van der Waals surface area (Å²) in [5.41, 5.74) is 8.51. The van der Waals surface area contributed by atoms with E-state index in [1.165, 1.54) is 5.56 Å². The van der Waals surface area contributed by atoms with Crippen molar-refractivity contribution in [3.8, 4) is 11.5 Å². The highest BCUT2D eigenvalue weighted by Crippen LogP contribution is 2.31. The molecule has 108 valence electrons. The highest BCUT2D eigenvalue weighted by Gasteiger charge is 2.11. The van der Waals surface area contributed by atoms with Crippen LogP contribution in [0.5, 0.6) is 11.5 Å². The van der Waals surface area contributed by atoms with Crippen molar-refractivity contribution in [1.29, 1.82) is 0 Å². The molecule has 0 atom stereocenters. The zero-order valence-electron chi connectivity index (χ0n) is 11.6. The number of fused-ring (bicyclic) bond motifs is 1. The van der Waals surface area contributed by atoms with E-state index in [4.69, 9.17) is 19.8 Å². The van der Waals surface area contributed by atoms with Gasteiger partial charge in [0.15, 0.2) is 16.8 Å². The van der Waals surface area contributed by atoms with Crippen molar-refractivity contribution < 1.29 is 14.1 Å². The molecule has 3 rings (SSSR count). The van der Waals surface area contributed by atoms with Crippen LogP contribution in [-0.4, -0.2) is 24.0 Å². The molecule has 6 nitrogen and oxygen atoms in total. The Morgan fingerprint density at radius 3 is 2.57 bits per heavy atom. The average molecular weight is 285 g/mol. The number of ether oxygens (including phenoxy) is 2. The molecule has 0 amide bonds. The maximum Gasteiger partial charge on any atom is 0.179 e. The lowest BCUT2D eigenvalue weighted by molar-refractivity contribution is 0.202. The van der Waals surface area contributed by atoms with Gasteiger partial charge in [0.1, 0.15) is 5.75 Å². The summed E-state index contributed by atoms with van der Waals surface area (Å²) in [7, 11) is 1.69. The van der Waals surface area contributed by atoms with Gasteiger partial charge >= 0.3 is 0 Å². The van der Waals surface area contributed by atoms with E-state index < -0.39 is 0 Å². The Balaban J connectivity index is 1.82. The molecule has 2 aromatic carbocycles. The first kappa shape index (κ1) is 13.4. The first-order valence-electron chi connectivity index (χ1n) is 6.54. The zero-order valence-corrected chi connectivity index (χ0v) is 11.6. The summed E-state index contributed by atoms with van der Waals surface area (Å²) < 4.78 is 15.6. The fourth-order valence-electron chi connectivity index (χ4n) is 2.02. The van der Waals surface area contributed by atoms with E-state index in [1.54, 1.807) is 19.2 Å². The van der Waals surface area contributed by atoms with Crippen LogP contribution >= 0.6 is 0 Å². The van der Waals surface area contributed by atoms with Gasteiger partial charge in [0.2, 0.25) is 0 Å². The third-order valence-electron chi connectivity index (χ3n) is 3.16. The van der Waals surface area contributed by atoms with Crippen LogP contribution in [0.2, 0.25) is 0 Å². The van der Waals surface area contributed by atoms with E-state index >= 15 is 0 Å².